The van der Waals surface area contributed by atoms with Gasteiger partial charge < -0.3 is 4.57 Å². The second-order valence-corrected chi connectivity index (χ2v) is 6.12. The van der Waals surface area contributed by atoms with E-state index in [1.807, 2.05) is 13.0 Å². The first-order chi connectivity index (χ1) is 9.47. The molecular weight excluding hydrogens is 275 g/mol. The molecule has 4 heteroatoms. The number of hydrogen-bond donors (Lipinski definition) is 0. The Hall–Kier alpha value is -1.09. The van der Waals surface area contributed by atoms with Crippen LogP contribution in [0.25, 0.3) is 11.0 Å². The van der Waals surface area contributed by atoms with Crippen molar-refractivity contribution in [2.24, 2.45) is 5.92 Å². The molecule has 1 atom stereocenters. The fourth-order valence-electron chi connectivity index (χ4n) is 2.57. The molecule has 0 aliphatic carbocycles. The van der Waals surface area contributed by atoms with Crippen molar-refractivity contribution >= 4 is 22.6 Å². The normalized spacial score (nSPS) is 13.3. The van der Waals surface area contributed by atoms with E-state index in [-0.39, 0.29) is 11.2 Å². The Morgan fingerprint density at radius 1 is 1.30 bits per heavy atom. The van der Waals surface area contributed by atoms with Crippen LogP contribution < -0.4 is 0 Å². The molecule has 1 unspecified atom stereocenters. The minimum atomic E-state index is -0.210. The third kappa shape index (κ3) is 2.83. The van der Waals surface area contributed by atoms with Gasteiger partial charge in [-0.3, -0.25) is 0 Å². The Morgan fingerprint density at radius 3 is 2.50 bits per heavy atom. The number of aromatic nitrogens is 2. The molecule has 0 saturated heterocycles. The highest BCUT2D eigenvalue weighted by atomic mass is 35.5. The molecule has 0 fully saturated rings. The predicted molar refractivity (Wildman–Crippen MR) is 82.8 cm³/mol. The fourth-order valence-corrected chi connectivity index (χ4v) is 2.74. The second-order valence-electron chi connectivity index (χ2n) is 5.47. The first-order valence-corrected chi connectivity index (χ1v) is 7.71. The van der Waals surface area contributed by atoms with E-state index in [1.54, 1.807) is 6.92 Å². The van der Waals surface area contributed by atoms with E-state index in [4.69, 9.17) is 11.6 Å². The summed E-state index contributed by atoms with van der Waals surface area (Å²) in [5.74, 6) is 1.21. The van der Waals surface area contributed by atoms with Crippen LogP contribution in [0, 0.1) is 18.7 Å². The average molecular weight is 297 g/mol. The summed E-state index contributed by atoms with van der Waals surface area (Å²) in [4.78, 5) is 4.53. The molecule has 0 N–H and O–H groups in total. The van der Waals surface area contributed by atoms with Crippen LogP contribution in [0.3, 0.4) is 0 Å². The number of hydrogen-bond acceptors (Lipinski definition) is 1. The third-order valence-electron chi connectivity index (χ3n) is 4.01. The minimum absolute atomic E-state index is 0.180. The molecule has 1 aromatic carbocycles. The molecule has 0 aliphatic heterocycles. The molecule has 1 aromatic heterocycles. The zero-order valence-corrected chi connectivity index (χ0v) is 13.3. The van der Waals surface area contributed by atoms with E-state index in [9.17, 15) is 4.39 Å². The summed E-state index contributed by atoms with van der Waals surface area (Å²) in [5, 5.41) is -0.180. The molecule has 2 nitrogen and oxygen atoms in total. The lowest BCUT2D eigenvalue weighted by Crippen LogP contribution is -2.12. The molecule has 20 heavy (non-hydrogen) atoms. The summed E-state index contributed by atoms with van der Waals surface area (Å²) in [6.45, 7) is 8.98. The van der Waals surface area contributed by atoms with Gasteiger partial charge in [-0.1, -0.05) is 26.7 Å². The monoisotopic (exact) mass is 296 g/mol. The molecule has 0 bridgehead atoms. The topological polar surface area (TPSA) is 17.8 Å². The Labute approximate surface area is 125 Å². The molecule has 110 valence electrons. The molecule has 0 saturated carbocycles. The zero-order valence-electron chi connectivity index (χ0n) is 12.6. The van der Waals surface area contributed by atoms with Crippen LogP contribution in [-0.4, -0.2) is 9.55 Å². The first kappa shape index (κ1) is 15.3. The van der Waals surface area contributed by atoms with Crippen molar-refractivity contribution < 1.29 is 4.39 Å². The fraction of sp³-hybridized carbons (Fsp3) is 0.562. The number of benzene rings is 1. The standard InChI is InChI=1S/C16H22ClFN2/c1-5-12(6-2)9-20-15-7-10(3)13(18)8-14(15)19-16(20)11(4)17/h7-8,11-12H,5-6,9H2,1-4H3. The summed E-state index contributed by atoms with van der Waals surface area (Å²) in [5.41, 5.74) is 2.33. The number of aryl methyl sites for hydroxylation is 1. The van der Waals surface area contributed by atoms with E-state index < -0.39 is 0 Å². The van der Waals surface area contributed by atoms with Gasteiger partial charge in [0.2, 0.25) is 0 Å². The van der Waals surface area contributed by atoms with Crippen molar-refractivity contribution in [1.82, 2.24) is 9.55 Å². The highest BCUT2D eigenvalue weighted by Crippen LogP contribution is 2.28. The van der Waals surface area contributed by atoms with Crippen LogP contribution in [-0.2, 0) is 6.54 Å². The van der Waals surface area contributed by atoms with E-state index >= 15 is 0 Å². The van der Waals surface area contributed by atoms with Crippen LogP contribution in [0.5, 0.6) is 0 Å². The highest BCUT2D eigenvalue weighted by molar-refractivity contribution is 6.20. The lowest BCUT2D eigenvalue weighted by atomic mass is 10.0. The molecule has 0 amide bonds. The van der Waals surface area contributed by atoms with Gasteiger partial charge >= 0.3 is 0 Å². The molecule has 2 rings (SSSR count). The van der Waals surface area contributed by atoms with Gasteiger partial charge in [0.15, 0.2) is 0 Å². The quantitative estimate of drug-likeness (QED) is 0.692. The SMILES string of the molecule is CCC(CC)Cn1c(C(C)Cl)nc2cc(F)c(C)cc21. The van der Waals surface area contributed by atoms with Gasteiger partial charge in [-0.2, -0.15) is 0 Å². The summed E-state index contributed by atoms with van der Waals surface area (Å²) >= 11 is 6.25. The number of halogens is 2. The smallest absolute Gasteiger partial charge is 0.128 e. The lowest BCUT2D eigenvalue weighted by molar-refractivity contribution is 0.416. The maximum absolute atomic E-state index is 13.7. The van der Waals surface area contributed by atoms with Crippen LogP contribution in [0.2, 0.25) is 0 Å². The van der Waals surface area contributed by atoms with Crippen LogP contribution in [0.1, 0.15) is 50.4 Å². The van der Waals surface area contributed by atoms with E-state index in [2.05, 4.69) is 23.4 Å². The maximum atomic E-state index is 13.7. The Bertz CT molecular complexity index is 600. The van der Waals surface area contributed by atoms with Gasteiger partial charge in [0.1, 0.15) is 11.6 Å². The van der Waals surface area contributed by atoms with Crippen molar-refractivity contribution in [3.05, 3.63) is 29.3 Å². The van der Waals surface area contributed by atoms with Crippen molar-refractivity contribution in [3.63, 3.8) is 0 Å². The number of nitrogens with zero attached hydrogens (tertiary/aromatic N) is 2. The van der Waals surface area contributed by atoms with Gasteiger partial charge in [-0.15, -0.1) is 11.6 Å². The van der Waals surface area contributed by atoms with Crippen LogP contribution in [0.15, 0.2) is 12.1 Å². The number of alkyl halides is 1. The van der Waals surface area contributed by atoms with E-state index in [0.717, 1.165) is 30.7 Å². The predicted octanol–water partition coefficient (Wildman–Crippen LogP) is 5.22. The first-order valence-electron chi connectivity index (χ1n) is 7.28. The van der Waals surface area contributed by atoms with Crippen molar-refractivity contribution in [1.29, 1.82) is 0 Å². The number of imidazole rings is 1. The van der Waals surface area contributed by atoms with E-state index in [1.165, 1.54) is 6.07 Å². The highest BCUT2D eigenvalue weighted by Gasteiger charge is 2.18. The second kappa shape index (κ2) is 6.13. The van der Waals surface area contributed by atoms with Gasteiger partial charge in [0.05, 0.1) is 16.4 Å². The van der Waals surface area contributed by atoms with Crippen LogP contribution >= 0.6 is 11.6 Å². The average Bonchev–Trinajstić information content (AvgIpc) is 2.74. The van der Waals surface area contributed by atoms with Crippen molar-refractivity contribution in [3.8, 4) is 0 Å². The summed E-state index contributed by atoms with van der Waals surface area (Å²) < 4.78 is 15.9. The minimum Gasteiger partial charge on any atom is -0.326 e. The lowest BCUT2D eigenvalue weighted by Gasteiger charge is -2.17. The van der Waals surface area contributed by atoms with Crippen molar-refractivity contribution in [2.45, 2.75) is 52.5 Å². The summed E-state index contributed by atoms with van der Waals surface area (Å²) in [6.07, 6.45) is 2.24. The van der Waals surface area contributed by atoms with Crippen molar-refractivity contribution in [2.75, 3.05) is 0 Å². The molecule has 0 spiro atoms. The van der Waals surface area contributed by atoms with Gasteiger partial charge in [0.25, 0.3) is 0 Å². The van der Waals surface area contributed by atoms with Gasteiger partial charge in [0, 0.05) is 12.6 Å². The van der Waals surface area contributed by atoms with Gasteiger partial charge in [-0.05, 0) is 31.4 Å². The largest absolute Gasteiger partial charge is 0.326 e. The molecule has 0 radical (unpaired) electrons. The maximum Gasteiger partial charge on any atom is 0.128 e. The number of fused-ring (bicyclic) bond motifs is 1. The zero-order chi connectivity index (χ0) is 14.9. The summed E-state index contributed by atoms with van der Waals surface area (Å²) in [6, 6.07) is 3.39. The van der Waals surface area contributed by atoms with E-state index in [0.29, 0.717) is 17.0 Å². The molecule has 2 aromatic rings. The number of rotatable bonds is 5. The Morgan fingerprint density at radius 2 is 1.95 bits per heavy atom. The Balaban J connectivity index is 2.58. The third-order valence-corrected chi connectivity index (χ3v) is 4.20. The molecular formula is C16H22ClFN2. The molecule has 0 aliphatic rings. The van der Waals surface area contributed by atoms with Crippen LogP contribution in [0.4, 0.5) is 4.39 Å². The summed E-state index contributed by atoms with van der Waals surface area (Å²) in [7, 11) is 0. The molecule has 1 heterocycles. The van der Waals surface area contributed by atoms with Gasteiger partial charge in [-0.25, -0.2) is 9.37 Å². The Kier molecular flexibility index (Phi) is 4.69.